The number of aryl methyl sites for hydroxylation is 1. The first-order chi connectivity index (χ1) is 12.6. The molecule has 1 aliphatic heterocycles. The van der Waals surface area contributed by atoms with E-state index in [1.807, 2.05) is 18.2 Å². The standard InChI is InChI=1S/C21H23NO3S/c1-14-6-7-18-17(10-14)11-19(26-18)21(24)25-13-20(23)22-9-8-15-4-2-3-5-16(15)12-22/h2-5,11,14H,6-10,12-13H2,1H3/t14-/m0/s1. The van der Waals surface area contributed by atoms with Crippen molar-refractivity contribution in [2.45, 2.75) is 39.2 Å². The molecule has 1 aliphatic carbocycles. The number of rotatable bonds is 3. The molecule has 0 bridgehead atoms. The number of ether oxygens (including phenoxy) is 1. The summed E-state index contributed by atoms with van der Waals surface area (Å²) < 4.78 is 5.32. The Labute approximate surface area is 157 Å². The van der Waals surface area contributed by atoms with Gasteiger partial charge in [0.1, 0.15) is 4.88 Å². The van der Waals surface area contributed by atoms with E-state index in [1.165, 1.54) is 39.3 Å². The first-order valence-electron chi connectivity index (χ1n) is 9.23. The Bertz CT molecular complexity index is 842. The monoisotopic (exact) mass is 369 g/mol. The van der Waals surface area contributed by atoms with E-state index in [2.05, 4.69) is 19.1 Å². The van der Waals surface area contributed by atoms with Gasteiger partial charge in [-0.15, -0.1) is 11.3 Å². The van der Waals surface area contributed by atoms with E-state index in [-0.39, 0.29) is 18.5 Å². The molecular weight excluding hydrogens is 346 g/mol. The number of hydrogen-bond donors (Lipinski definition) is 0. The molecule has 5 heteroatoms. The molecule has 1 atom stereocenters. The molecule has 1 amide bonds. The predicted molar refractivity (Wildman–Crippen MR) is 101 cm³/mol. The van der Waals surface area contributed by atoms with Crippen molar-refractivity contribution in [2.24, 2.45) is 5.92 Å². The molecule has 0 fully saturated rings. The minimum Gasteiger partial charge on any atom is -0.451 e. The summed E-state index contributed by atoms with van der Waals surface area (Å²) in [5.74, 6) is 0.176. The Balaban J connectivity index is 1.34. The average molecular weight is 369 g/mol. The lowest BCUT2D eigenvalue weighted by Gasteiger charge is -2.28. The van der Waals surface area contributed by atoms with Crippen molar-refractivity contribution in [3.63, 3.8) is 0 Å². The van der Waals surface area contributed by atoms with Crippen LogP contribution in [0.2, 0.25) is 0 Å². The SMILES string of the molecule is C[C@H]1CCc2sc(C(=O)OCC(=O)N3CCc4ccccc4C3)cc2C1. The summed E-state index contributed by atoms with van der Waals surface area (Å²) in [6, 6.07) is 10.1. The first kappa shape index (κ1) is 17.3. The molecule has 0 saturated heterocycles. The van der Waals surface area contributed by atoms with Gasteiger partial charge >= 0.3 is 5.97 Å². The fraction of sp³-hybridized carbons (Fsp3) is 0.429. The first-order valence-corrected chi connectivity index (χ1v) is 10.0. The van der Waals surface area contributed by atoms with Gasteiger partial charge in [-0.2, -0.15) is 0 Å². The maximum atomic E-state index is 12.4. The van der Waals surface area contributed by atoms with Crippen LogP contribution < -0.4 is 0 Å². The maximum Gasteiger partial charge on any atom is 0.348 e. The number of esters is 1. The number of benzene rings is 1. The topological polar surface area (TPSA) is 46.6 Å². The quantitative estimate of drug-likeness (QED) is 0.777. The number of fused-ring (bicyclic) bond motifs is 2. The summed E-state index contributed by atoms with van der Waals surface area (Å²) in [6.45, 7) is 3.34. The van der Waals surface area contributed by atoms with E-state index in [0.29, 0.717) is 23.9 Å². The summed E-state index contributed by atoms with van der Waals surface area (Å²) in [5.41, 5.74) is 3.75. The number of thiophene rings is 1. The molecule has 26 heavy (non-hydrogen) atoms. The highest BCUT2D eigenvalue weighted by Gasteiger charge is 2.24. The maximum absolute atomic E-state index is 12.4. The molecular formula is C21H23NO3S. The molecule has 0 saturated carbocycles. The van der Waals surface area contributed by atoms with Gasteiger partial charge in [0.25, 0.3) is 5.91 Å². The van der Waals surface area contributed by atoms with Gasteiger partial charge in [0.15, 0.2) is 6.61 Å². The summed E-state index contributed by atoms with van der Waals surface area (Å²) in [7, 11) is 0. The minimum absolute atomic E-state index is 0.122. The second-order valence-corrected chi connectivity index (χ2v) is 8.45. The Hall–Kier alpha value is -2.14. The Morgan fingerprint density at radius 3 is 2.85 bits per heavy atom. The lowest BCUT2D eigenvalue weighted by Crippen LogP contribution is -2.38. The van der Waals surface area contributed by atoms with Gasteiger partial charge in [0.05, 0.1) is 0 Å². The number of carbonyl (C=O) groups excluding carboxylic acids is 2. The van der Waals surface area contributed by atoms with E-state index < -0.39 is 0 Å². The van der Waals surface area contributed by atoms with Gasteiger partial charge in [-0.05, 0) is 54.4 Å². The number of nitrogens with zero attached hydrogens (tertiary/aromatic N) is 1. The molecule has 4 rings (SSSR count). The molecule has 2 heterocycles. The molecule has 0 unspecified atom stereocenters. The molecule has 0 radical (unpaired) electrons. The van der Waals surface area contributed by atoms with Gasteiger partial charge in [-0.3, -0.25) is 4.79 Å². The number of carbonyl (C=O) groups is 2. The lowest BCUT2D eigenvalue weighted by molar-refractivity contribution is -0.135. The Morgan fingerprint density at radius 1 is 1.19 bits per heavy atom. The van der Waals surface area contributed by atoms with Crippen molar-refractivity contribution in [1.82, 2.24) is 4.90 Å². The van der Waals surface area contributed by atoms with E-state index in [9.17, 15) is 9.59 Å². The molecule has 136 valence electrons. The average Bonchev–Trinajstić information content (AvgIpc) is 3.08. The van der Waals surface area contributed by atoms with E-state index in [0.717, 1.165) is 19.3 Å². The van der Waals surface area contributed by atoms with Crippen molar-refractivity contribution >= 4 is 23.2 Å². The Kier molecular flexibility index (Phi) is 4.81. The van der Waals surface area contributed by atoms with Gasteiger partial charge in [-0.1, -0.05) is 31.2 Å². The van der Waals surface area contributed by atoms with Crippen LogP contribution in [0.1, 0.15) is 44.6 Å². The zero-order valence-corrected chi connectivity index (χ0v) is 15.8. The highest BCUT2D eigenvalue weighted by atomic mass is 32.1. The van der Waals surface area contributed by atoms with Gasteiger partial charge in [0.2, 0.25) is 0 Å². The van der Waals surface area contributed by atoms with Crippen LogP contribution in [0, 0.1) is 5.92 Å². The van der Waals surface area contributed by atoms with Crippen LogP contribution in [0.5, 0.6) is 0 Å². The van der Waals surface area contributed by atoms with Crippen molar-refractivity contribution < 1.29 is 14.3 Å². The smallest absolute Gasteiger partial charge is 0.348 e. The van der Waals surface area contributed by atoms with Crippen molar-refractivity contribution in [1.29, 1.82) is 0 Å². The predicted octanol–water partition coefficient (Wildman–Crippen LogP) is 3.61. The highest BCUT2D eigenvalue weighted by Crippen LogP contribution is 2.32. The second kappa shape index (κ2) is 7.23. The molecule has 2 aliphatic rings. The molecule has 1 aromatic heterocycles. The fourth-order valence-corrected chi connectivity index (χ4v) is 4.91. The third-order valence-electron chi connectivity index (χ3n) is 5.34. The molecule has 4 nitrogen and oxygen atoms in total. The van der Waals surface area contributed by atoms with Crippen LogP contribution in [0.15, 0.2) is 30.3 Å². The molecule has 2 aromatic rings. The van der Waals surface area contributed by atoms with Crippen LogP contribution in [-0.2, 0) is 35.3 Å². The summed E-state index contributed by atoms with van der Waals surface area (Å²) in [6.07, 6.45) is 4.11. The van der Waals surface area contributed by atoms with E-state index in [1.54, 1.807) is 4.90 Å². The third-order valence-corrected chi connectivity index (χ3v) is 6.56. The molecule has 0 spiro atoms. The summed E-state index contributed by atoms with van der Waals surface area (Å²) >= 11 is 1.52. The van der Waals surface area contributed by atoms with Crippen LogP contribution in [0.3, 0.4) is 0 Å². The van der Waals surface area contributed by atoms with E-state index >= 15 is 0 Å². The summed E-state index contributed by atoms with van der Waals surface area (Å²) in [4.78, 5) is 28.5. The van der Waals surface area contributed by atoms with Gasteiger partial charge in [0, 0.05) is 18.0 Å². The Morgan fingerprint density at radius 2 is 2.00 bits per heavy atom. The van der Waals surface area contributed by atoms with Crippen LogP contribution in [0.25, 0.3) is 0 Å². The minimum atomic E-state index is -0.372. The van der Waals surface area contributed by atoms with Crippen molar-refractivity contribution in [2.75, 3.05) is 13.2 Å². The number of hydrogen-bond acceptors (Lipinski definition) is 4. The zero-order chi connectivity index (χ0) is 18.1. The van der Waals surface area contributed by atoms with E-state index in [4.69, 9.17) is 4.74 Å². The van der Waals surface area contributed by atoms with Gasteiger partial charge in [-0.25, -0.2) is 4.79 Å². The fourth-order valence-electron chi connectivity index (χ4n) is 3.80. The second-order valence-electron chi connectivity index (χ2n) is 7.32. The lowest BCUT2D eigenvalue weighted by atomic mass is 9.90. The molecule has 1 aromatic carbocycles. The van der Waals surface area contributed by atoms with Crippen molar-refractivity contribution in [3.8, 4) is 0 Å². The van der Waals surface area contributed by atoms with Crippen LogP contribution in [0.4, 0.5) is 0 Å². The zero-order valence-electron chi connectivity index (χ0n) is 15.0. The van der Waals surface area contributed by atoms with Crippen molar-refractivity contribution in [3.05, 3.63) is 56.8 Å². The molecule has 0 N–H and O–H groups in total. The number of amides is 1. The largest absolute Gasteiger partial charge is 0.451 e. The van der Waals surface area contributed by atoms with Gasteiger partial charge < -0.3 is 9.64 Å². The van der Waals surface area contributed by atoms with Crippen LogP contribution in [-0.4, -0.2) is 29.9 Å². The summed E-state index contributed by atoms with van der Waals surface area (Å²) in [5, 5.41) is 0. The third kappa shape index (κ3) is 3.54. The normalized spacial score (nSPS) is 18.8. The van der Waals surface area contributed by atoms with Crippen LogP contribution >= 0.6 is 11.3 Å². The highest BCUT2D eigenvalue weighted by molar-refractivity contribution is 7.14.